The summed E-state index contributed by atoms with van der Waals surface area (Å²) in [6, 6.07) is 10.6. The van der Waals surface area contributed by atoms with Crippen molar-refractivity contribution >= 4 is 11.8 Å². The Morgan fingerprint density at radius 2 is 1.64 bits per heavy atom. The predicted octanol–water partition coefficient (Wildman–Crippen LogP) is 1.82. The lowest BCUT2D eigenvalue weighted by atomic mass is 9.95. The molecular formula is C22H31N3O3. The number of hydrogen-bond acceptors (Lipinski definition) is 4. The summed E-state index contributed by atoms with van der Waals surface area (Å²) in [5.41, 5.74) is 1.23. The number of benzene rings is 1. The summed E-state index contributed by atoms with van der Waals surface area (Å²) in [6.07, 6.45) is 3.64. The van der Waals surface area contributed by atoms with Crippen molar-refractivity contribution in [1.29, 1.82) is 0 Å². The van der Waals surface area contributed by atoms with Crippen LogP contribution < -0.4 is 5.32 Å². The Labute approximate surface area is 167 Å². The van der Waals surface area contributed by atoms with Crippen molar-refractivity contribution in [1.82, 2.24) is 15.1 Å². The lowest BCUT2D eigenvalue weighted by Crippen LogP contribution is -2.47. The average Bonchev–Trinajstić information content (AvgIpc) is 3.60. The van der Waals surface area contributed by atoms with E-state index in [2.05, 4.69) is 34.5 Å². The van der Waals surface area contributed by atoms with Crippen molar-refractivity contribution in [2.24, 2.45) is 11.8 Å². The first-order valence-corrected chi connectivity index (χ1v) is 10.7. The quantitative estimate of drug-likeness (QED) is 0.812. The van der Waals surface area contributed by atoms with Gasteiger partial charge in [-0.25, -0.2) is 0 Å². The SMILES string of the molecule is O=C(NC[C@H](c1ccccc1)N1CCOCC1)C1CCN(C(=O)C2CC2)CC1. The van der Waals surface area contributed by atoms with Gasteiger partial charge in [0, 0.05) is 44.6 Å². The Kier molecular flexibility index (Phi) is 6.27. The van der Waals surface area contributed by atoms with Crippen LogP contribution in [0.1, 0.15) is 37.3 Å². The van der Waals surface area contributed by atoms with Crippen LogP contribution in [0, 0.1) is 11.8 Å². The fraction of sp³-hybridized carbons (Fsp3) is 0.636. The number of amides is 2. The van der Waals surface area contributed by atoms with Crippen LogP contribution in [0.3, 0.4) is 0 Å². The van der Waals surface area contributed by atoms with E-state index < -0.39 is 0 Å². The van der Waals surface area contributed by atoms with Crippen LogP contribution in [0.4, 0.5) is 0 Å². The number of rotatable bonds is 6. The van der Waals surface area contributed by atoms with Crippen LogP contribution in [0.2, 0.25) is 0 Å². The minimum absolute atomic E-state index is 0.0179. The Bertz CT molecular complexity index is 663. The molecule has 1 aliphatic carbocycles. The molecule has 0 unspecified atom stereocenters. The molecule has 1 aromatic rings. The number of carbonyl (C=O) groups is 2. The average molecular weight is 386 g/mol. The minimum Gasteiger partial charge on any atom is -0.379 e. The van der Waals surface area contributed by atoms with E-state index >= 15 is 0 Å². The molecule has 1 aromatic carbocycles. The minimum atomic E-state index is 0.0179. The van der Waals surface area contributed by atoms with Gasteiger partial charge in [-0.2, -0.15) is 0 Å². The first-order valence-electron chi connectivity index (χ1n) is 10.7. The molecule has 4 rings (SSSR count). The van der Waals surface area contributed by atoms with E-state index in [0.717, 1.165) is 65.1 Å². The Morgan fingerprint density at radius 1 is 0.964 bits per heavy atom. The fourth-order valence-electron chi connectivity index (χ4n) is 4.31. The third kappa shape index (κ3) is 4.73. The van der Waals surface area contributed by atoms with Crippen LogP contribution in [-0.4, -0.2) is 67.6 Å². The summed E-state index contributed by atoms with van der Waals surface area (Å²) in [5, 5.41) is 3.20. The number of ether oxygens (including phenoxy) is 1. The molecule has 0 spiro atoms. The molecule has 2 saturated heterocycles. The lowest BCUT2D eigenvalue weighted by molar-refractivity contribution is -0.136. The molecule has 0 radical (unpaired) electrons. The summed E-state index contributed by atoms with van der Waals surface area (Å²) in [4.78, 5) is 29.3. The molecule has 2 amide bonds. The number of likely N-dealkylation sites (tertiary alicyclic amines) is 1. The molecule has 2 aliphatic heterocycles. The predicted molar refractivity (Wildman–Crippen MR) is 107 cm³/mol. The van der Waals surface area contributed by atoms with Crippen LogP contribution in [0.25, 0.3) is 0 Å². The van der Waals surface area contributed by atoms with Crippen molar-refractivity contribution in [3.05, 3.63) is 35.9 Å². The van der Waals surface area contributed by atoms with Crippen molar-refractivity contribution in [3.8, 4) is 0 Å². The zero-order valence-electron chi connectivity index (χ0n) is 16.5. The molecule has 1 saturated carbocycles. The second kappa shape index (κ2) is 9.05. The number of hydrogen-bond donors (Lipinski definition) is 1. The highest BCUT2D eigenvalue weighted by Gasteiger charge is 2.36. The summed E-state index contributed by atoms with van der Waals surface area (Å²) < 4.78 is 5.50. The van der Waals surface area contributed by atoms with E-state index in [-0.39, 0.29) is 23.8 Å². The number of morpholine rings is 1. The third-order valence-corrected chi connectivity index (χ3v) is 6.24. The Hall–Kier alpha value is -1.92. The van der Waals surface area contributed by atoms with Crippen molar-refractivity contribution in [2.75, 3.05) is 45.9 Å². The zero-order chi connectivity index (χ0) is 19.3. The number of piperidine rings is 1. The maximum atomic E-state index is 12.8. The van der Waals surface area contributed by atoms with Gasteiger partial charge < -0.3 is 15.0 Å². The van der Waals surface area contributed by atoms with Gasteiger partial charge in [-0.1, -0.05) is 30.3 Å². The topological polar surface area (TPSA) is 61.9 Å². The van der Waals surface area contributed by atoms with Gasteiger partial charge in [0.05, 0.1) is 19.3 Å². The standard InChI is InChI=1S/C22H31N3O3/c26-21(18-8-10-25(11-9-18)22(27)19-6-7-19)23-16-20(17-4-2-1-3-5-17)24-12-14-28-15-13-24/h1-5,18-20H,6-16H2,(H,23,26)/t20-/m1/s1. The molecule has 1 N–H and O–H groups in total. The third-order valence-electron chi connectivity index (χ3n) is 6.24. The highest BCUT2D eigenvalue weighted by atomic mass is 16.5. The molecule has 152 valence electrons. The highest BCUT2D eigenvalue weighted by molar-refractivity contribution is 5.82. The number of nitrogens with zero attached hydrogens (tertiary/aromatic N) is 2. The van der Waals surface area contributed by atoms with Crippen LogP contribution in [-0.2, 0) is 14.3 Å². The molecule has 28 heavy (non-hydrogen) atoms. The van der Waals surface area contributed by atoms with Gasteiger partial charge >= 0.3 is 0 Å². The molecule has 3 fully saturated rings. The van der Waals surface area contributed by atoms with Crippen molar-refractivity contribution in [3.63, 3.8) is 0 Å². The summed E-state index contributed by atoms with van der Waals surface area (Å²) in [7, 11) is 0. The molecule has 0 bridgehead atoms. The summed E-state index contributed by atoms with van der Waals surface area (Å²) in [5.74, 6) is 0.720. The van der Waals surface area contributed by atoms with Gasteiger partial charge in [0.15, 0.2) is 0 Å². The molecular weight excluding hydrogens is 354 g/mol. The summed E-state index contributed by atoms with van der Waals surface area (Å²) >= 11 is 0. The van der Waals surface area contributed by atoms with Gasteiger partial charge in [-0.15, -0.1) is 0 Å². The number of nitrogens with one attached hydrogen (secondary N) is 1. The highest BCUT2D eigenvalue weighted by Crippen LogP contribution is 2.32. The van der Waals surface area contributed by atoms with Crippen LogP contribution in [0.15, 0.2) is 30.3 Å². The van der Waals surface area contributed by atoms with Gasteiger partial charge in [0.2, 0.25) is 11.8 Å². The fourth-order valence-corrected chi connectivity index (χ4v) is 4.31. The maximum Gasteiger partial charge on any atom is 0.225 e. The molecule has 6 nitrogen and oxygen atoms in total. The lowest BCUT2D eigenvalue weighted by Gasteiger charge is -2.36. The molecule has 1 atom stereocenters. The van der Waals surface area contributed by atoms with Crippen LogP contribution in [0.5, 0.6) is 0 Å². The van der Waals surface area contributed by atoms with E-state index in [1.807, 2.05) is 11.0 Å². The smallest absolute Gasteiger partial charge is 0.225 e. The number of carbonyl (C=O) groups excluding carboxylic acids is 2. The summed E-state index contributed by atoms with van der Waals surface area (Å²) in [6.45, 7) is 5.31. The maximum absolute atomic E-state index is 12.8. The van der Waals surface area contributed by atoms with E-state index in [1.165, 1.54) is 5.56 Å². The molecule has 6 heteroatoms. The first-order chi connectivity index (χ1) is 13.7. The van der Waals surface area contributed by atoms with Gasteiger partial charge in [0.1, 0.15) is 0 Å². The van der Waals surface area contributed by atoms with Gasteiger partial charge in [0.25, 0.3) is 0 Å². The second-order valence-corrected chi connectivity index (χ2v) is 8.19. The molecule has 3 aliphatic rings. The van der Waals surface area contributed by atoms with E-state index in [1.54, 1.807) is 0 Å². The van der Waals surface area contributed by atoms with Gasteiger partial charge in [-0.3, -0.25) is 14.5 Å². The first kappa shape index (κ1) is 19.4. The molecule has 0 aromatic heterocycles. The largest absolute Gasteiger partial charge is 0.379 e. The Morgan fingerprint density at radius 3 is 2.29 bits per heavy atom. The van der Waals surface area contributed by atoms with Crippen molar-refractivity contribution < 1.29 is 14.3 Å². The normalized spacial score (nSPS) is 22.6. The second-order valence-electron chi connectivity index (χ2n) is 8.19. The Balaban J connectivity index is 1.30. The van der Waals surface area contributed by atoms with E-state index in [0.29, 0.717) is 12.5 Å². The van der Waals surface area contributed by atoms with E-state index in [9.17, 15) is 9.59 Å². The van der Waals surface area contributed by atoms with Crippen molar-refractivity contribution in [2.45, 2.75) is 31.7 Å². The molecule has 2 heterocycles. The van der Waals surface area contributed by atoms with Gasteiger partial charge in [-0.05, 0) is 31.2 Å². The zero-order valence-corrected chi connectivity index (χ0v) is 16.5. The van der Waals surface area contributed by atoms with Crippen LogP contribution >= 0.6 is 0 Å². The van der Waals surface area contributed by atoms with E-state index in [4.69, 9.17) is 4.74 Å². The monoisotopic (exact) mass is 385 g/mol.